The summed E-state index contributed by atoms with van der Waals surface area (Å²) in [6, 6.07) is 6.13. The molecular weight excluding hydrogens is 309 g/mol. The van der Waals surface area contributed by atoms with Gasteiger partial charge in [0.2, 0.25) is 5.91 Å². The molecule has 6 heteroatoms. The maximum Gasteiger partial charge on any atom is 0.238 e. The second-order valence-corrected chi connectivity index (χ2v) is 5.83. The third-order valence-electron chi connectivity index (χ3n) is 3.72. The van der Waals surface area contributed by atoms with E-state index in [9.17, 15) is 4.79 Å². The molecule has 4 nitrogen and oxygen atoms in total. The van der Waals surface area contributed by atoms with E-state index in [1.165, 1.54) is 0 Å². The van der Waals surface area contributed by atoms with Crippen molar-refractivity contribution in [2.45, 2.75) is 25.8 Å². The highest BCUT2D eigenvalue weighted by atomic mass is 35.5. The molecule has 21 heavy (non-hydrogen) atoms. The number of nitrogens with zero attached hydrogens (tertiary/aromatic N) is 1. The van der Waals surface area contributed by atoms with Crippen LogP contribution in [0.1, 0.15) is 18.4 Å². The van der Waals surface area contributed by atoms with Crippen LogP contribution in [0.25, 0.3) is 0 Å². The molecule has 1 aromatic rings. The highest BCUT2D eigenvalue weighted by molar-refractivity contribution is 6.33. The summed E-state index contributed by atoms with van der Waals surface area (Å²) in [5.74, 6) is -0.0169. The van der Waals surface area contributed by atoms with Crippen molar-refractivity contribution in [2.75, 3.05) is 32.0 Å². The topological polar surface area (TPSA) is 44.4 Å². The van der Waals surface area contributed by atoms with E-state index in [0.717, 1.165) is 31.5 Å². The Morgan fingerprint density at radius 2 is 2.10 bits per heavy atom. The van der Waals surface area contributed by atoms with Gasteiger partial charge in [0.25, 0.3) is 0 Å². The molecule has 0 atom stereocenters. The Bertz CT molecular complexity index is 476. The molecule has 0 radical (unpaired) electrons. The van der Waals surface area contributed by atoms with Crippen molar-refractivity contribution in [1.29, 1.82) is 0 Å². The molecule has 2 N–H and O–H groups in total. The number of hydrogen-bond acceptors (Lipinski definition) is 3. The van der Waals surface area contributed by atoms with Crippen molar-refractivity contribution in [1.82, 2.24) is 10.2 Å². The predicted octanol–water partition coefficient (Wildman–Crippen LogP) is 2.69. The second-order valence-electron chi connectivity index (χ2n) is 5.43. The van der Waals surface area contributed by atoms with Crippen LogP contribution >= 0.6 is 24.0 Å². The van der Waals surface area contributed by atoms with Gasteiger partial charge in [-0.2, -0.15) is 0 Å². The fraction of sp³-hybridized carbons (Fsp3) is 0.533. The molecule has 118 valence electrons. The molecule has 0 unspecified atom stereocenters. The molecule has 2 rings (SSSR count). The molecule has 1 aromatic carbocycles. The molecule has 1 heterocycles. The Kier molecular flexibility index (Phi) is 7.46. The number of benzene rings is 1. The summed E-state index contributed by atoms with van der Waals surface area (Å²) < 4.78 is 0. The Labute approximate surface area is 137 Å². The molecule has 1 aliphatic heterocycles. The molecule has 0 bridgehead atoms. The number of hydrogen-bond donors (Lipinski definition) is 2. The summed E-state index contributed by atoms with van der Waals surface area (Å²) >= 11 is 6.12. The summed E-state index contributed by atoms with van der Waals surface area (Å²) in [4.78, 5) is 14.2. The Balaban J connectivity index is 0.00000220. The number of likely N-dealkylation sites (N-methyl/N-ethyl adjacent to an activating group) is 1. The molecule has 0 aromatic heterocycles. The van der Waals surface area contributed by atoms with Crippen LogP contribution in [0.3, 0.4) is 0 Å². The summed E-state index contributed by atoms with van der Waals surface area (Å²) in [6.45, 7) is 4.43. The maximum atomic E-state index is 12.1. The minimum Gasteiger partial charge on any atom is -0.324 e. The Morgan fingerprint density at radius 1 is 1.43 bits per heavy atom. The van der Waals surface area contributed by atoms with Gasteiger partial charge in [-0.05, 0) is 57.6 Å². The van der Waals surface area contributed by atoms with Gasteiger partial charge in [0.15, 0.2) is 0 Å². The van der Waals surface area contributed by atoms with Crippen molar-refractivity contribution in [2.24, 2.45) is 0 Å². The second kappa shape index (κ2) is 8.59. The van der Waals surface area contributed by atoms with E-state index in [2.05, 4.69) is 15.5 Å². The Morgan fingerprint density at radius 3 is 2.71 bits per heavy atom. The first-order chi connectivity index (χ1) is 9.56. The highest BCUT2D eigenvalue weighted by Crippen LogP contribution is 2.22. The SMILES string of the molecule is Cc1ccc(NC(=O)CN(C)C2CCNCC2)c(Cl)c1.Cl. The molecule has 1 saturated heterocycles. The minimum absolute atomic E-state index is 0. The Hall–Kier alpha value is -0.810. The lowest BCUT2D eigenvalue weighted by Crippen LogP contribution is -2.44. The molecule has 1 fully saturated rings. The molecule has 0 aliphatic carbocycles. The number of anilines is 1. The molecule has 1 aliphatic rings. The number of halogens is 2. The van der Waals surface area contributed by atoms with Gasteiger partial charge in [0.1, 0.15) is 0 Å². The van der Waals surface area contributed by atoms with E-state index in [-0.39, 0.29) is 18.3 Å². The van der Waals surface area contributed by atoms with Crippen LogP contribution in [0.5, 0.6) is 0 Å². The van der Waals surface area contributed by atoms with Crippen LogP contribution in [-0.4, -0.2) is 43.5 Å². The van der Waals surface area contributed by atoms with Crippen molar-refractivity contribution >= 4 is 35.6 Å². The van der Waals surface area contributed by atoms with Crippen LogP contribution in [0, 0.1) is 6.92 Å². The van der Waals surface area contributed by atoms with Gasteiger partial charge in [-0.3, -0.25) is 9.69 Å². The van der Waals surface area contributed by atoms with E-state index in [0.29, 0.717) is 23.3 Å². The number of carbonyl (C=O) groups is 1. The van der Waals surface area contributed by atoms with Gasteiger partial charge >= 0.3 is 0 Å². The maximum absolute atomic E-state index is 12.1. The summed E-state index contributed by atoms with van der Waals surface area (Å²) in [5.41, 5.74) is 1.76. The fourth-order valence-electron chi connectivity index (χ4n) is 2.51. The van der Waals surface area contributed by atoms with E-state index in [1.54, 1.807) is 0 Å². The number of carbonyl (C=O) groups excluding carboxylic acids is 1. The number of nitrogens with one attached hydrogen (secondary N) is 2. The number of aryl methyl sites for hydroxylation is 1. The summed E-state index contributed by atoms with van der Waals surface area (Å²) in [6.07, 6.45) is 2.18. The van der Waals surface area contributed by atoms with Crippen molar-refractivity contribution in [3.8, 4) is 0 Å². The zero-order chi connectivity index (χ0) is 14.5. The van der Waals surface area contributed by atoms with Crippen molar-refractivity contribution in [3.05, 3.63) is 28.8 Å². The third-order valence-corrected chi connectivity index (χ3v) is 4.04. The largest absolute Gasteiger partial charge is 0.324 e. The molecule has 0 spiro atoms. The first-order valence-electron chi connectivity index (χ1n) is 7.03. The number of amides is 1. The third kappa shape index (κ3) is 5.47. The van der Waals surface area contributed by atoms with Gasteiger partial charge in [-0.15, -0.1) is 12.4 Å². The van der Waals surface area contributed by atoms with E-state index >= 15 is 0 Å². The number of piperidine rings is 1. The van der Waals surface area contributed by atoms with Crippen LogP contribution < -0.4 is 10.6 Å². The van der Waals surface area contributed by atoms with Gasteiger partial charge in [0, 0.05) is 6.04 Å². The van der Waals surface area contributed by atoms with Crippen LogP contribution in [-0.2, 0) is 4.79 Å². The van der Waals surface area contributed by atoms with Gasteiger partial charge in [0.05, 0.1) is 17.3 Å². The van der Waals surface area contributed by atoms with E-state index in [1.807, 2.05) is 32.2 Å². The average Bonchev–Trinajstić information content (AvgIpc) is 2.43. The summed E-state index contributed by atoms with van der Waals surface area (Å²) in [7, 11) is 2.01. The van der Waals surface area contributed by atoms with E-state index in [4.69, 9.17) is 11.6 Å². The van der Waals surface area contributed by atoms with Crippen LogP contribution in [0.2, 0.25) is 5.02 Å². The van der Waals surface area contributed by atoms with E-state index < -0.39 is 0 Å². The van der Waals surface area contributed by atoms with Gasteiger partial charge in [-0.25, -0.2) is 0 Å². The molecule has 0 saturated carbocycles. The smallest absolute Gasteiger partial charge is 0.238 e. The zero-order valence-electron chi connectivity index (χ0n) is 12.5. The normalized spacial score (nSPS) is 15.6. The van der Waals surface area contributed by atoms with Crippen LogP contribution in [0.4, 0.5) is 5.69 Å². The van der Waals surface area contributed by atoms with Gasteiger partial charge in [-0.1, -0.05) is 17.7 Å². The van der Waals surface area contributed by atoms with Gasteiger partial charge < -0.3 is 10.6 Å². The van der Waals surface area contributed by atoms with Crippen molar-refractivity contribution in [3.63, 3.8) is 0 Å². The summed E-state index contributed by atoms with van der Waals surface area (Å²) in [5, 5.41) is 6.80. The zero-order valence-corrected chi connectivity index (χ0v) is 14.1. The lowest BCUT2D eigenvalue weighted by molar-refractivity contribution is -0.117. The highest BCUT2D eigenvalue weighted by Gasteiger charge is 2.19. The first kappa shape index (κ1) is 18.2. The lowest BCUT2D eigenvalue weighted by atomic mass is 10.1. The van der Waals surface area contributed by atoms with Crippen molar-refractivity contribution < 1.29 is 4.79 Å². The molecular formula is C15H23Cl2N3O. The van der Waals surface area contributed by atoms with Crippen LogP contribution in [0.15, 0.2) is 18.2 Å². The minimum atomic E-state index is -0.0169. The average molecular weight is 332 g/mol. The first-order valence-corrected chi connectivity index (χ1v) is 7.41. The predicted molar refractivity (Wildman–Crippen MR) is 90.6 cm³/mol. The fourth-order valence-corrected chi connectivity index (χ4v) is 2.80. The monoisotopic (exact) mass is 331 g/mol. The standard InChI is InChI=1S/C15H22ClN3O.ClH/c1-11-3-4-14(13(16)9-11)18-15(20)10-19(2)12-5-7-17-8-6-12;/h3-4,9,12,17H,5-8,10H2,1-2H3,(H,18,20);1H. The molecule has 1 amide bonds. The lowest BCUT2D eigenvalue weighted by Gasteiger charge is -2.31. The quantitative estimate of drug-likeness (QED) is 0.891. The number of rotatable bonds is 4.